The van der Waals surface area contributed by atoms with E-state index in [2.05, 4.69) is 61.6 Å². The molecule has 1 fully saturated rings. The standard InChI is InChI=1S/C25H33BN2O2/c1-17-5-8-21(13-18(17)2)20-9-6-19(7-10-20)16-28-23-14-22(15-23)25(27,24(29)30)11-3-4-12-26/h5-10,13,22-23,28H,3-4,11-12,14-16,27H2,1-2H3,(H,29,30). The number of benzene rings is 2. The lowest BCUT2D eigenvalue weighted by molar-refractivity contribution is -0.148. The predicted octanol–water partition coefficient (Wildman–Crippen LogP) is 4.38. The summed E-state index contributed by atoms with van der Waals surface area (Å²) in [5, 5.41) is 13.2. The first-order valence-corrected chi connectivity index (χ1v) is 11.0. The maximum absolute atomic E-state index is 11.7. The second-order valence-corrected chi connectivity index (χ2v) is 8.83. The third kappa shape index (κ3) is 5.14. The first-order valence-electron chi connectivity index (χ1n) is 11.0. The van der Waals surface area contributed by atoms with Crippen molar-refractivity contribution in [2.45, 2.75) is 70.4 Å². The van der Waals surface area contributed by atoms with E-state index in [-0.39, 0.29) is 5.92 Å². The number of hydrogen-bond acceptors (Lipinski definition) is 3. The summed E-state index contributed by atoms with van der Waals surface area (Å²) in [7, 11) is 5.53. The minimum atomic E-state index is -1.12. The van der Waals surface area contributed by atoms with Crippen LogP contribution in [0.4, 0.5) is 0 Å². The Labute approximate surface area is 181 Å². The fourth-order valence-electron chi connectivity index (χ4n) is 4.25. The number of rotatable bonds is 10. The summed E-state index contributed by atoms with van der Waals surface area (Å²) in [5.74, 6) is -0.859. The summed E-state index contributed by atoms with van der Waals surface area (Å²) in [6.45, 7) is 5.05. The summed E-state index contributed by atoms with van der Waals surface area (Å²) < 4.78 is 0. The molecule has 0 amide bonds. The number of nitrogens with one attached hydrogen (secondary N) is 1. The molecule has 30 heavy (non-hydrogen) atoms. The molecule has 0 aliphatic heterocycles. The lowest BCUT2D eigenvalue weighted by Gasteiger charge is -2.45. The molecule has 1 aliphatic carbocycles. The highest BCUT2D eigenvalue weighted by atomic mass is 16.4. The molecule has 2 aromatic carbocycles. The number of aliphatic carboxylic acids is 1. The van der Waals surface area contributed by atoms with Crippen molar-refractivity contribution in [1.29, 1.82) is 0 Å². The van der Waals surface area contributed by atoms with Crippen molar-refractivity contribution in [2.75, 3.05) is 0 Å². The maximum atomic E-state index is 11.7. The van der Waals surface area contributed by atoms with Gasteiger partial charge in [-0.3, -0.25) is 4.79 Å². The van der Waals surface area contributed by atoms with Gasteiger partial charge in [-0.1, -0.05) is 61.6 Å². The van der Waals surface area contributed by atoms with Gasteiger partial charge in [0.1, 0.15) is 5.54 Å². The van der Waals surface area contributed by atoms with Crippen molar-refractivity contribution in [1.82, 2.24) is 5.32 Å². The molecule has 0 aromatic heterocycles. The van der Waals surface area contributed by atoms with Crippen LogP contribution >= 0.6 is 0 Å². The van der Waals surface area contributed by atoms with Crippen LogP contribution in [0.1, 0.15) is 48.8 Å². The van der Waals surface area contributed by atoms with Crippen LogP contribution in [0.3, 0.4) is 0 Å². The highest BCUT2D eigenvalue weighted by molar-refractivity contribution is 6.08. The number of carboxylic acid groups (broad SMARTS) is 1. The average Bonchev–Trinajstić information content (AvgIpc) is 2.69. The lowest BCUT2D eigenvalue weighted by Crippen LogP contribution is -2.60. The molecule has 0 bridgehead atoms. The van der Waals surface area contributed by atoms with Crippen molar-refractivity contribution < 1.29 is 9.90 Å². The number of carboxylic acids is 1. The highest BCUT2D eigenvalue weighted by Gasteiger charge is 2.47. The fourth-order valence-corrected chi connectivity index (χ4v) is 4.25. The second kappa shape index (κ2) is 9.80. The van der Waals surface area contributed by atoms with Crippen molar-refractivity contribution >= 4 is 13.8 Å². The molecule has 0 heterocycles. The van der Waals surface area contributed by atoms with E-state index >= 15 is 0 Å². The van der Waals surface area contributed by atoms with Gasteiger partial charge in [-0.15, -0.1) is 0 Å². The van der Waals surface area contributed by atoms with E-state index in [1.807, 2.05) is 0 Å². The van der Waals surface area contributed by atoms with E-state index in [1.54, 1.807) is 0 Å². The molecule has 1 saturated carbocycles. The number of unbranched alkanes of at least 4 members (excludes halogenated alkanes) is 1. The van der Waals surface area contributed by atoms with Gasteiger partial charge in [0.15, 0.2) is 0 Å². The topological polar surface area (TPSA) is 75.4 Å². The van der Waals surface area contributed by atoms with Crippen molar-refractivity contribution in [3.63, 3.8) is 0 Å². The molecule has 4 nitrogen and oxygen atoms in total. The van der Waals surface area contributed by atoms with E-state index in [0.717, 1.165) is 32.2 Å². The smallest absolute Gasteiger partial charge is 0.323 e. The SMILES string of the molecule is [B]CCCCC(N)(C(=O)O)C1CC(NCc2ccc(-c3ccc(C)c(C)c3)cc2)C1. The molecule has 0 saturated heterocycles. The third-order valence-electron chi connectivity index (χ3n) is 6.70. The number of aryl methyl sites for hydroxylation is 2. The lowest BCUT2D eigenvalue weighted by atomic mass is 9.66. The van der Waals surface area contributed by atoms with E-state index in [4.69, 9.17) is 13.6 Å². The summed E-state index contributed by atoms with van der Waals surface area (Å²) in [6.07, 6.45) is 4.28. The van der Waals surface area contributed by atoms with Crippen LogP contribution in [0.2, 0.25) is 6.32 Å². The molecule has 4 N–H and O–H groups in total. The van der Waals surface area contributed by atoms with Crippen molar-refractivity contribution in [3.05, 3.63) is 59.2 Å². The number of hydrogen-bond donors (Lipinski definition) is 3. The minimum Gasteiger partial charge on any atom is -0.480 e. The number of nitrogens with two attached hydrogens (primary N) is 1. The molecule has 5 heteroatoms. The quantitative estimate of drug-likeness (QED) is 0.406. The summed E-state index contributed by atoms with van der Waals surface area (Å²) in [5.41, 5.74) is 11.5. The first kappa shape index (κ1) is 22.6. The van der Waals surface area contributed by atoms with Crippen molar-refractivity contribution in [3.8, 4) is 11.1 Å². The van der Waals surface area contributed by atoms with Gasteiger partial charge in [0, 0.05) is 12.6 Å². The van der Waals surface area contributed by atoms with E-state index in [0.29, 0.717) is 18.8 Å². The van der Waals surface area contributed by atoms with E-state index < -0.39 is 11.5 Å². The molecule has 3 rings (SSSR count). The monoisotopic (exact) mass is 404 g/mol. The van der Waals surface area contributed by atoms with Gasteiger partial charge in [0.2, 0.25) is 0 Å². The zero-order valence-corrected chi connectivity index (χ0v) is 18.2. The normalized spacial score (nSPS) is 20.4. The average molecular weight is 404 g/mol. The molecule has 158 valence electrons. The van der Waals surface area contributed by atoms with Gasteiger partial charge in [0.25, 0.3) is 0 Å². The molecule has 1 aliphatic rings. The summed E-state index contributed by atoms with van der Waals surface area (Å²) >= 11 is 0. The van der Waals surface area contributed by atoms with Gasteiger partial charge >= 0.3 is 5.97 Å². The van der Waals surface area contributed by atoms with E-state index in [1.165, 1.54) is 27.8 Å². The Bertz CT molecular complexity index is 862. The van der Waals surface area contributed by atoms with Crippen LogP contribution in [-0.4, -0.2) is 30.5 Å². The van der Waals surface area contributed by atoms with Gasteiger partial charge in [-0.25, -0.2) is 0 Å². The molecular weight excluding hydrogens is 371 g/mol. The molecule has 0 spiro atoms. The molecule has 1 unspecified atom stereocenters. The van der Waals surface area contributed by atoms with Gasteiger partial charge < -0.3 is 16.2 Å². The Morgan fingerprint density at radius 1 is 1.10 bits per heavy atom. The zero-order valence-electron chi connectivity index (χ0n) is 18.2. The first-order chi connectivity index (χ1) is 14.3. The maximum Gasteiger partial charge on any atom is 0.323 e. The van der Waals surface area contributed by atoms with Crippen LogP contribution in [0.5, 0.6) is 0 Å². The zero-order chi connectivity index (χ0) is 21.7. The van der Waals surface area contributed by atoms with E-state index in [9.17, 15) is 9.90 Å². The molecule has 1 atom stereocenters. The fraction of sp³-hybridized carbons (Fsp3) is 0.480. The van der Waals surface area contributed by atoms with Crippen LogP contribution in [0, 0.1) is 19.8 Å². The van der Waals surface area contributed by atoms with Crippen LogP contribution < -0.4 is 11.1 Å². The van der Waals surface area contributed by atoms with Crippen LogP contribution in [-0.2, 0) is 11.3 Å². The Hall–Kier alpha value is -2.11. The van der Waals surface area contributed by atoms with Gasteiger partial charge in [-0.05, 0) is 66.8 Å². The van der Waals surface area contributed by atoms with Crippen LogP contribution in [0.15, 0.2) is 42.5 Å². The second-order valence-electron chi connectivity index (χ2n) is 8.83. The Kier molecular flexibility index (Phi) is 7.38. The third-order valence-corrected chi connectivity index (χ3v) is 6.70. The minimum absolute atomic E-state index is 0.0254. The Morgan fingerprint density at radius 2 is 1.77 bits per heavy atom. The Balaban J connectivity index is 1.50. The summed E-state index contributed by atoms with van der Waals surface area (Å²) in [6, 6.07) is 15.5. The molecule has 2 radical (unpaired) electrons. The molecule has 2 aromatic rings. The molecular formula is C25H33BN2O2. The predicted molar refractivity (Wildman–Crippen MR) is 124 cm³/mol. The number of carbonyl (C=O) groups is 1. The van der Waals surface area contributed by atoms with Gasteiger partial charge in [0.05, 0.1) is 7.85 Å². The highest BCUT2D eigenvalue weighted by Crippen LogP contribution is 2.38. The largest absolute Gasteiger partial charge is 0.480 e. The van der Waals surface area contributed by atoms with Crippen molar-refractivity contribution in [2.24, 2.45) is 11.7 Å². The Morgan fingerprint density at radius 3 is 2.37 bits per heavy atom. The van der Waals surface area contributed by atoms with Gasteiger partial charge in [-0.2, -0.15) is 0 Å². The van der Waals surface area contributed by atoms with Crippen LogP contribution in [0.25, 0.3) is 11.1 Å². The summed E-state index contributed by atoms with van der Waals surface area (Å²) in [4.78, 5) is 11.7.